The summed E-state index contributed by atoms with van der Waals surface area (Å²) in [5, 5.41) is 76.1. The number of aliphatic hydroxyl groups excluding tert-OH is 4. The minimum absolute atomic E-state index is 0.0218. The number of hydrogen-bond acceptors (Lipinski definition) is 18. The van der Waals surface area contributed by atoms with E-state index in [0.29, 0.717) is 38.9 Å². The first kappa shape index (κ1) is 75.1. The number of rotatable bonds is 15. The van der Waals surface area contributed by atoms with Crippen LogP contribution in [0.4, 0.5) is 9.59 Å². The van der Waals surface area contributed by atoms with Crippen LogP contribution in [-0.2, 0) is 47.5 Å². The molecular weight excluding hydrogens is 1190 g/mol. The number of esters is 2. The zero-order chi connectivity index (χ0) is 70.2. The Hall–Kier alpha value is -3.70. The Balaban J connectivity index is 0.000000240. The summed E-state index contributed by atoms with van der Waals surface area (Å²) in [5.74, 6) is -2.67. The Bertz CT molecular complexity index is 2880. The minimum Gasteiger partial charge on any atom is -0.456 e. The van der Waals surface area contributed by atoms with Crippen molar-refractivity contribution in [1.29, 1.82) is 0 Å². The third-order valence-electron chi connectivity index (χ3n) is 24.7. The van der Waals surface area contributed by atoms with Gasteiger partial charge in [-0.2, -0.15) is 0 Å². The molecule has 20 heteroatoms. The SMILES string of the molecule is C=CC1O[C@H]2C[C@H]3OC[C@@]3(C)[C@H]3[C@H](C)[C@]4(C(C)(C)O)C[C@H](OC(=O)C(O)[C@H](CC(C)C)NC(=O)OC(C)(C)C)C(C)=C4[C@H](C)[C@H](O1)[C@]23C.CC1=C2[C@H](C)[C@H](O)[C@@]3(C)[C@H]([C@H](C)[C@]2(C(C)(C)O)C[C@@H]1OC(=O)C(O)[C@H](CC(C)C)NC(=O)OC(C)(C)C)[C@]1(C)CO[C@@H]1C[C@@H]3O. The molecule has 0 bridgehead atoms. The molecule has 0 spiro atoms. The van der Waals surface area contributed by atoms with Crippen molar-refractivity contribution in [3.63, 3.8) is 0 Å². The van der Waals surface area contributed by atoms with Gasteiger partial charge in [0, 0.05) is 70.0 Å². The average Bonchev–Trinajstić information content (AvgIpc) is 1.59. The molecule has 0 aromatic rings. The molecule has 530 valence electrons. The van der Waals surface area contributed by atoms with Crippen molar-refractivity contribution in [2.45, 2.75) is 307 Å². The van der Waals surface area contributed by atoms with Gasteiger partial charge in [-0.15, -0.1) is 0 Å². The maximum atomic E-state index is 13.8. The highest BCUT2D eigenvalue weighted by atomic mass is 16.7. The van der Waals surface area contributed by atoms with Gasteiger partial charge in [-0.25, -0.2) is 19.2 Å². The maximum Gasteiger partial charge on any atom is 0.407 e. The Labute approximate surface area is 554 Å². The maximum absolute atomic E-state index is 13.8. The van der Waals surface area contributed by atoms with Crippen LogP contribution in [0.1, 0.15) is 205 Å². The number of amides is 2. The monoisotopic (exact) mass is 1310 g/mol. The van der Waals surface area contributed by atoms with E-state index in [1.807, 2.05) is 69.2 Å². The van der Waals surface area contributed by atoms with Crippen molar-refractivity contribution < 1.29 is 87.7 Å². The van der Waals surface area contributed by atoms with Crippen LogP contribution in [-0.4, -0.2) is 170 Å². The van der Waals surface area contributed by atoms with Crippen molar-refractivity contribution in [2.24, 2.45) is 79.8 Å². The molecule has 6 aliphatic carbocycles. The van der Waals surface area contributed by atoms with E-state index in [9.17, 15) is 49.8 Å². The fraction of sp³-hybridized carbons (Fsp3) is 0.863. The second-order valence-electron chi connectivity index (χ2n) is 34.8. The largest absolute Gasteiger partial charge is 0.456 e. The molecule has 0 radical (unpaired) electrons. The van der Waals surface area contributed by atoms with Crippen LogP contribution in [0.15, 0.2) is 34.9 Å². The van der Waals surface area contributed by atoms with Gasteiger partial charge in [0.25, 0.3) is 0 Å². The highest BCUT2D eigenvalue weighted by Gasteiger charge is 2.77. The third-order valence-corrected chi connectivity index (χ3v) is 24.7. The molecule has 0 aromatic heterocycles. The van der Waals surface area contributed by atoms with Gasteiger partial charge in [0.2, 0.25) is 0 Å². The third kappa shape index (κ3) is 12.6. The van der Waals surface area contributed by atoms with Gasteiger partial charge in [0.05, 0.1) is 73.1 Å². The van der Waals surface area contributed by atoms with Crippen LogP contribution < -0.4 is 10.6 Å². The van der Waals surface area contributed by atoms with Crippen LogP contribution in [0.25, 0.3) is 0 Å². The van der Waals surface area contributed by atoms with Gasteiger partial charge in [0.1, 0.15) is 23.4 Å². The summed E-state index contributed by atoms with van der Waals surface area (Å²) in [5.41, 5.74) is -3.93. The van der Waals surface area contributed by atoms with E-state index in [4.69, 9.17) is 37.9 Å². The first-order chi connectivity index (χ1) is 42.5. The second kappa shape index (κ2) is 25.5. The smallest absolute Gasteiger partial charge is 0.407 e. The predicted molar refractivity (Wildman–Crippen MR) is 350 cm³/mol. The normalized spacial score (nSPS) is 41.6. The fourth-order valence-corrected chi connectivity index (χ4v) is 21.1. The number of hydrogen-bond donors (Lipinski definition) is 8. The Morgan fingerprint density at radius 1 is 0.613 bits per heavy atom. The number of alkyl carbamates (subject to hydrolysis) is 2. The average molecular weight is 1310 g/mol. The van der Waals surface area contributed by atoms with Gasteiger partial charge in [-0.1, -0.05) is 101 Å². The summed E-state index contributed by atoms with van der Waals surface area (Å²) < 4.78 is 48.6. The van der Waals surface area contributed by atoms with Gasteiger partial charge in [-0.05, 0) is 149 Å². The lowest BCUT2D eigenvalue weighted by Gasteiger charge is -2.68. The molecule has 2 amide bonds. The molecule has 3 heterocycles. The zero-order valence-corrected chi connectivity index (χ0v) is 60.6. The van der Waals surface area contributed by atoms with Crippen molar-refractivity contribution in [3.8, 4) is 0 Å². The van der Waals surface area contributed by atoms with Gasteiger partial charge >= 0.3 is 24.1 Å². The topological polar surface area (TPSA) is 288 Å². The molecule has 93 heavy (non-hydrogen) atoms. The molecule has 3 unspecified atom stereocenters. The quantitative estimate of drug-likeness (QED) is 0.0430. The van der Waals surface area contributed by atoms with E-state index in [1.165, 1.54) is 0 Å². The highest BCUT2D eigenvalue weighted by Crippen LogP contribution is 2.74. The molecule has 25 atom stereocenters. The van der Waals surface area contributed by atoms with Crippen molar-refractivity contribution in [2.75, 3.05) is 13.2 Å². The van der Waals surface area contributed by atoms with Crippen LogP contribution in [0.5, 0.6) is 0 Å². The number of aliphatic hydroxyl groups is 6. The van der Waals surface area contributed by atoms with E-state index in [1.54, 1.807) is 61.5 Å². The second-order valence-corrected chi connectivity index (χ2v) is 34.8. The summed E-state index contributed by atoms with van der Waals surface area (Å²) in [6.07, 6.45) is -4.78. The highest BCUT2D eigenvalue weighted by molar-refractivity contribution is 5.78. The molecule has 8 N–H and O–H groups in total. The van der Waals surface area contributed by atoms with E-state index < -0.39 is 124 Å². The Morgan fingerprint density at radius 2 is 1.00 bits per heavy atom. The van der Waals surface area contributed by atoms with E-state index >= 15 is 0 Å². The van der Waals surface area contributed by atoms with Crippen molar-refractivity contribution in [3.05, 3.63) is 34.9 Å². The van der Waals surface area contributed by atoms with E-state index in [0.717, 1.165) is 28.7 Å². The number of fused-ring (bicyclic) bond motifs is 7. The predicted octanol–water partition coefficient (Wildman–Crippen LogP) is 9.80. The zero-order valence-electron chi connectivity index (χ0n) is 60.6. The van der Waals surface area contributed by atoms with E-state index in [2.05, 4.69) is 58.8 Å². The lowest BCUT2D eigenvalue weighted by molar-refractivity contribution is -0.370. The summed E-state index contributed by atoms with van der Waals surface area (Å²) in [4.78, 5) is 52.7. The molecule has 3 saturated heterocycles. The summed E-state index contributed by atoms with van der Waals surface area (Å²) in [6.45, 7) is 51.7. The fourth-order valence-electron chi connectivity index (χ4n) is 21.1. The lowest BCUT2D eigenvalue weighted by Crippen LogP contribution is -2.73. The first-order valence-electron chi connectivity index (χ1n) is 34.6. The van der Waals surface area contributed by atoms with Crippen LogP contribution in [0.2, 0.25) is 0 Å². The van der Waals surface area contributed by atoms with Crippen molar-refractivity contribution in [1.82, 2.24) is 10.6 Å². The molecular formula is C73H120N2O18. The standard InChI is InChI=1S/C38H61NO9.C35H59NO9/c1-14-27-46-26-16-25-36(12,18-44-25)30-22(6)38(35(10,11)43)17-24(20(4)28(38)21(5)31(47-27)37(26,30)13)45-32(41)29(40)23(15-19(2)3)39-33(42)48-34(7,8)9;1-17(2)13-21(36-30(41)45-31(6,7)8)26(38)29(40)44-22-15-35(32(9,10)42)20(5)27-33(11)16-43-24(33)14-23(37)34(27,12)28(39)19(4)25(35)18(22)3/h14,19,21-27,29-31,40,43H,1,15-18H2,2-13H3,(H,39,42);17,19-24,26-28,37-39,42H,13-16H2,1-12H3,(H,36,41)/t21-,22-,23-,24-,25+,26-,27?,29?,30+,31-,36+,37+,38+;19-,20-,21-,22-,23-,24+,26?,27+,28-,33+,34+,35+/m00/s1. The van der Waals surface area contributed by atoms with Crippen LogP contribution >= 0.6 is 0 Å². The minimum atomic E-state index is -1.65. The molecule has 9 rings (SSSR count). The van der Waals surface area contributed by atoms with Crippen LogP contribution in [0, 0.1) is 79.8 Å². The number of carbonyl (C=O) groups is 4. The first-order valence-corrected chi connectivity index (χ1v) is 34.6. The lowest BCUT2D eigenvalue weighted by atomic mass is 9.44. The van der Waals surface area contributed by atoms with Gasteiger partial charge < -0.3 is 79.2 Å². The molecule has 20 nitrogen and oxygen atoms in total. The molecule has 9 aliphatic rings. The van der Waals surface area contributed by atoms with E-state index in [-0.39, 0.29) is 88.5 Å². The number of nitrogens with one attached hydrogen (secondary N) is 2. The molecule has 3 aliphatic heterocycles. The summed E-state index contributed by atoms with van der Waals surface area (Å²) in [6, 6.07) is -1.84. The van der Waals surface area contributed by atoms with Gasteiger partial charge in [-0.3, -0.25) is 0 Å². The van der Waals surface area contributed by atoms with Crippen LogP contribution in [0.3, 0.4) is 0 Å². The van der Waals surface area contributed by atoms with Crippen molar-refractivity contribution >= 4 is 24.1 Å². The molecule has 0 aromatic carbocycles. The van der Waals surface area contributed by atoms with Gasteiger partial charge in [0.15, 0.2) is 18.5 Å². The Kier molecular flexibility index (Phi) is 20.6. The number of carbonyl (C=O) groups excluding carboxylic acids is 4. The molecule has 7 fully saturated rings. The molecule has 4 saturated carbocycles. The summed E-state index contributed by atoms with van der Waals surface area (Å²) in [7, 11) is 0. The summed E-state index contributed by atoms with van der Waals surface area (Å²) >= 11 is 0. The number of ether oxygens (including phenoxy) is 8. The Morgan fingerprint density at radius 3 is 1.35 bits per heavy atom.